The normalized spacial score (nSPS) is 14.4. The molecule has 0 radical (unpaired) electrons. The molecule has 2 rings (SSSR count). The number of benzene rings is 1. The summed E-state index contributed by atoms with van der Waals surface area (Å²) in [5.74, 6) is -0.0263. The Hall–Kier alpha value is -1.58. The molecule has 2 aromatic rings. The molecular formula is C17H28N4O3SSi. The molecule has 0 aliphatic heterocycles. The third-order valence-electron chi connectivity index (χ3n) is 4.14. The first-order valence-corrected chi connectivity index (χ1v) is 13.9. The summed E-state index contributed by atoms with van der Waals surface area (Å²) in [6, 6.07) is 9.26. The number of para-hydroxylation sites is 1. The van der Waals surface area contributed by atoms with Crippen molar-refractivity contribution in [3.8, 4) is 5.69 Å². The Morgan fingerprint density at radius 1 is 1.19 bits per heavy atom. The number of hydrogen-bond donors (Lipinski definition) is 0. The first-order valence-electron chi connectivity index (χ1n) is 8.63. The summed E-state index contributed by atoms with van der Waals surface area (Å²) < 4.78 is 33.2. The van der Waals surface area contributed by atoms with Crippen molar-refractivity contribution in [1.29, 1.82) is 0 Å². The number of sulfone groups is 1. The van der Waals surface area contributed by atoms with Crippen molar-refractivity contribution in [1.82, 2.24) is 20.2 Å². The average molecular weight is 397 g/mol. The van der Waals surface area contributed by atoms with Gasteiger partial charge in [0.2, 0.25) is 0 Å². The number of tetrazole rings is 1. The summed E-state index contributed by atoms with van der Waals surface area (Å²) >= 11 is 0. The molecule has 0 fully saturated rings. The molecule has 0 N–H and O–H groups in total. The first kappa shape index (κ1) is 20.7. The molecule has 1 atom stereocenters. The molecular weight excluding hydrogens is 368 g/mol. The molecule has 9 heteroatoms. The molecule has 0 bridgehead atoms. The quantitative estimate of drug-likeness (QED) is 0.638. The van der Waals surface area contributed by atoms with Crippen LogP contribution in [0.4, 0.5) is 0 Å². The summed E-state index contributed by atoms with van der Waals surface area (Å²) in [5, 5.41) is 11.5. The fourth-order valence-electron chi connectivity index (χ4n) is 2.79. The van der Waals surface area contributed by atoms with Gasteiger partial charge in [-0.05, 0) is 62.0 Å². The van der Waals surface area contributed by atoms with Crippen molar-refractivity contribution >= 4 is 18.2 Å². The molecule has 26 heavy (non-hydrogen) atoms. The third kappa shape index (κ3) is 5.71. The minimum absolute atomic E-state index is 0.0200. The Labute approximate surface area is 156 Å². The lowest BCUT2D eigenvalue weighted by molar-refractivity contribution is 0.0533. The first-order chi connectivity index (χ1) is 11.9. The number of hydrogen-bond acceptors (Lipinski definition) is 6. The highest BCUT2D eigenvalue weighted by atomic mass is 32.2. The zero-order valence-electron chi connectivity index (χ0n) is 16.3. The van der Waals surface area contributed by atoms with E-state index in [-0.39, 0.29) is 17.4 Å². The van der Waals surface area contributed by atoms with E-state index in [9.17, 15) is 8.42 Å². The Morgan fingerprint density at radius 3 is 2.38 bits per heavy atom. The predicted octanol–water partition coefficient (Wildman–Crippen LogP) is 2.84. The van der Waals surface area contributed by atoms with Crippen LogP contribution < -0.4 is 0 Å². The topological polar surface area (TPSA) is 87.0 Å². The Morgan fingerprint density at radius 2 is 1.81 bits per heavy atom. The molecule has 1 aromatic heterocycles. The minimum Gasteiger partial charge on any atom is -0.412 e. The Bertz CT molecular complexity index is 829. The molecule has 0 unspecified atom stereocenters. The number of nitrogens with zero attached hydrogens (tertiary/aromatic N) is 4. The summed E-state index contributed by atoms with van der Waals surface area (Å²) in [6.07, 6.45) is 0. The van der Waals surface area contributed by atoms with Gasteiger partial charge in [0.1, 0.15) is 5.75 Å². The van der Waals surface area contributed by atoms with Crippen LogP contribution >= 0.6 is 0 Å². The van der Waals surface area contributed by atoms with Gasteiger partial charge in [0, 0.05) is 0 Å². The standard InChI is InChI=1S/C17H28N4O3SSi/c1-14(17(2,3)24-26(4,5)6)12-25(22,23)13-16-18-19-20-21(16)15-10-8-7-9-11-15/h7-11,14H,12-13H2,1-6H3/t14-/m0/s1. The van der Waals surface area contributed by atoms with E-state index in [1.165, 1.54) is 4.68 Å². The van der Waals surface area contributed by atoms with Crippen molar-refractivity contribution in [2.45, 2.75) is 51.8 Å². The van der Waals surface area contributed by atoms with Gasteiger partial charge in [0.05, 0.1) is 17.0 Å². The highest BCUT2D eigenvalue weighted by Gasteiger charge is 2.35. The molecule has 1 aromatic carbocycles. The lowest BCUT2D eigenvalue weighted by Gasteiger charge is -2.37. The Kier molecular flexibility index (Phi) is 6.04. The molecule has 7 nitrogen and oxygen atoms in total. The van der Waals surface area contributed by atoms with Crippen LogP contribution in [-0.4, -0.2) is 48.3 Å². The van der Waals surface area contributed by atoms with E-state index in [1.807, 2.05) is 51.1 Å². The molecule has 0 aliphatic carbocycles. The third-order valence-corrected chi connectivity index (χ3v) is 6.99. The molecule has 0 amide bonds. The van der Waals surface area contributed by atoms with E-state index >= 15 is 0 Å². The zero-order chi connectivity index (χ0) is 19.6. The van der Waals surface area contributed by atoms with E-state index < -0.39 is 23.8 Å². The zero-order valence-corrected chi connectivity index (χ0v) is 18.1. The SMILES string of the molecule is C[C@@H](CS(=O)(=O)Cc1nnnn1-c1ccccc1)C(C)(C)O[Si](C)(C)C. The predicted molar refractivity (Wildman–Crippen MR) is 104 cm³/mol. The molecule has 144 valence electrons. The van der Waals surface area contributed by atoms with Crippen molar-refractivity contribution in [3.05, 3.63) is 36.2 Å². The lowest BCUT2D eigenvalue weighted by atomic mass is 9.95. The maximum absolute atomic E-state index is 12.8. The van der Waals surface area contributed by atoms with E-state index in [0.29, 0.717) is 5.82 Å². The largest absolute Gasteiger partial charge is 0.412 e. The van der Waals surface area contributed by atoms with E-state index in [4.69, 9.17) is 4.43 Å². The summed E-state index contributed by atoms with van der Waals surface area (Å²) in [4.78, 5) is 0. The van der Waals surface area contributed by atoms with Gasteiger partial charge in [-0.15, -0.1) is 5.10 Å². The monoisotopic (exact) mass is 396 g/mol. The van der Waals surface area contributed by atoms with Gasteiger partial charge in [-0.3, -0.25) is 0 Å². The van der Waals surface area contributed by atoms with Gasteiger partial charge in [-0.2, -0.15) is 4.68 Å². The lowest BCUT2D eigenvalue weighted by Crippen LogP contribution is -2.45. The van der Waals surface area contributed by atoms with Crippen LogP contribution in [0.25, 0.3) is 5.69 Å². The minimum atomic E-state index is -3.40. The second-order valence-electron chi connectivity index (χ2n) is 8.12. The number of aromatic nitrogens is 4. The molecule has 1 heterocycles. The van der Waals surface area contributed by atoms with E-state index in [2.05, 4.69) is 35.2 Å². The average Bonchev–Trinajstić information content (AvgIpc) is 2.92. The van der Waals surface area contributed by atoms with Crippen molar-refractivity contribution < 1.29 is 12.8 Å². The summed E-state index contributed by atoms with van der Waals surface area (Å²) in [7, 11) is -5.18. The fraction of sp³-hybridized carbons (Fsp3) is 0.588. The van der Waals surface area contributed by atoms with Gasteiger partial charge in [-0.25, -0.2) is 8.42 Å². The van der Waals surface area contributed by atoms with Crippen molar-refractivity contribution in [2.24, 2.45) is 5.92 Å². The van der Waals surface area contributed by atoms with Crippen LogP contribution in [0.5, 0.6) is 0 Å². The fourth-order valence-corrected chi connectivity index (χ4v) is 6.43. The second kappa shape index (κ2) is 7.57. The highest BCUT2D eigenvalue weighted by molar-refractivity contribution is 7.90. The van der Waals surface area contributed by atoms with Crippen LogP contribution in [0.2, 0.25) is 19.6 Å². The van der Waals surface area contributed by atoms with Crippen LogP contribution in [0.1, 0.15) is 26.6 Å². The van der Waals surface area contributed by atoms with Crippen LogP contribution in [0.15, 0.2) is 30.3 Å². The highest BCUT2D eigenvalue weighted by Crippen LogP contribution is 2.27. The van der Waals surface area contributed by atoms with Gasteiger partial charge in [-0.1, -0.05) is 25.1 Å². The van der Waals surface area contributed by atoms with Gasteiger partial charge in [0.15, 0.2) is 24.0 Å². The molecule has 0 aliphatic rings. The van der Waals surface area contributed by atoms with Gasteiger partial charge >= 0.3 is 0 Å². The van der Waals surface area contributed by atoms with Crippen LogP contribution in [0, 0.1) is 5.92 Å². The number of rotatable bonds is 8. The maximum atomic E-state index is 12.8. The van der Waals surface area contributed by atoms with Crippen LogP contribution in [0.3, 0.4) is 0 Å². The smallest absolute Gasteiger partial charge is 0.184 e. The Balaban J connectivity index is 2.14. The summed E-state index contributed by atoms with van der Waals surface area (Å²) in [6.45, 7) is 12.1. The maximum Gasteiger partial charge on any atom is 0.184 e. The van der Waals surface area contributed by atoms with Gasteiger partial charge in [0.25, 0.3) is 0 Å². The molecule has 0 saturated carbocycles. The van der Waals surface area contributed by atoms with Gasteiger partial charge < -0.3 is 4.43 Å². The second-order valence-corrected chi connectivity index (χ2v) is 14.7. The van der Waals surface area contributed by atoms with Crippen molar-refractivity contribution in [3.63, 3.8) is 0 Å². The van der Waals surface area contributed by atoms with Crippen molar-refractivity contribution in [2.75, 3.05) is 5.75 Å². The van der Waals surface area contributed by atoms with E-state index in [0.717, 1.165) is 5.69 Å². The molecule has 0 saturated heterocycles. The summed E-state index contributed by atoms with van der Waals surface area (Å²) in [5.41, 5.74) is 0.223. The van der Waals surface area contributed by atoms with Crippen LogP contribution in [-0.2, 0) is 20.0 Å². The molecule has 0 spiro atoms. The van der Waals surface area contributed by atoms with E-state index in [1.54, 1.807) is 0 Å².